The molecule has 6 heteroatoms. The number of aryl methyl sites for hydroxylation is 1. The van der Waals surface area contributed by atoms with E-state index in [9.17, 15) is 0 Å². The van der Waals surface area contributed by atoms with E-state index in [-0.39, 0.29) is 12.1 Å². The highest BCUT2D eigenvalue weighted by atomic mass is 79.9. The van der Waals surface area contributed by atoms with Crippen molar-refractivity contribution in [3.05, 3.63) is 112 Å². The first-order valence-electron chi connectivity index (χ1n) is 11.9. The van der Waals surface area contributed by atoms with Crippen LogP contribution in [0.3, 0.4) is 0 Å². The second-order valence-corrected chi connectivity index (χ2v) is 10.6. The number of para-hydroxylation sites is 1. The van der Waals surface area contributed by atoms with Crippen LogP contribution in [0.15, 0.2) is 83.5 Å². The van der Waals surface area contributed by atoms with Crippen molar-refractivity contribution < 1.29 is 0 Å². The van der Waals surface area contributed by atoms with Crippen molar-refractivity contribution in [2.45, 2.75) is 45.7 Å². The summed E-state index contributed by atoms with van der Waals surface area (Å²) in [6, 6.07) is 25.4. The van der Waals surface area contributed by atoms with Gasteiger partial charge in [-0.3, -0.25) is 4.98 Å². The lowest BCUT2D eigenvalue weighted by molar-refractivity contribution is 0.565. The van der Waals surface area contributed by atoms with E-state index < -0.39 is 0 Å². The van der Waals surface area contributed by atoms with Gasteiger partial charge in [0.05, 0.1) is 23.5 Å². The second kappa shape index (κ2) is 9.59. The van der Waals surface area contributed by atoms with Gasteiger partial charge in [0.25, 0.3) is 0 Å². The van der Waals surface area contributed by atoms with Gasteiger partial charge >= 0.3 is 0 Å². The van der Waals surface area contributed by atoms with Crippen molar-refractivity contribution in [3.8, 4) is 5.69 Å². The molecule has 2 unspecified atom stereocenters. The van der Waals surface area contributed by atoms with Gasteiger partial charge in [-0.15, -0.1) is 0 Å². The lowest BCUT2D eigenvalue weighted by Crippen LogP contribution is -2.29. The lowest BCUT2D eigenvalue weighted by atomic mass is 9.96. The predicted molar refractivity (Wildman–Crippen MR) is 151 cm³/mol. The average molecular weight is 546 g/mol. The molecule has 35 heavy (non-hydrogen) atoms. The van der Waals surface area contributed by atoms with Gasteiger partial charge < -0.3 is 14.8 Å². The summed E-state index contributed by atoms with van der Waals surface area (Å²) in [6.45, 7) is 8.79. The van der Waals surface area contributed by atoms with Crippen LogP contribution in [-0.4, -0.2) is 14.7 Å². The number of pyridine rings is 1. The van der Waals surface area contributed by atoms with Gasteiger partial charge in [0, 0.05) is 27.7 Å². The molecule has 178 valence electrons. The van der Waals surface area contributed by atoms with Gasteiger partial charge in [0.15, 0.2) is 5.11 Å². The van der Waals surface area contributed by atoms with Gasteiger partial charge in [0.2, 0.25) is 0 Å². The highest BCUT2D eigenvalue weighted by Gasteiger charge is 2.42. The Labute approximate surface area is 221 Å². The van der Waals surface area contributed by atoms with Crippen LogP contribution in [0, 0.1) is 13.8 Å². The van der Waals surface area contributed by atoms with Crippen LogP contribution in [0.5, 0.6) is 0 Å². The summed E-state index contributed by atoms with van der Waals surface area (Å²) >= 11 is 9.68. The number of rotatable bonds is 5. The highest BCUT2D eigenvalue weighted by Crippen LogP contribution is 2.44. The van der Waals surface area contributed by atoms with Gasteiger partial charge in [-0.1, -0.05) is 44.2 Å². The Morgan fingerprint density at radius 3 is 2.34 bits per heavy atom. The smallest absolute Gasteiger partial charge is 0.174 e. The molecule has 2 aromatic carbocycles. The van der Waals surface area contributed by atoms with E-state index >= 15 is 0 Å². The Hall–Kier alpha value is -2.96. The van der Waals surface area contributed by atoms with E-state index in [0.29, 0.717) is 11.0 Å². The summed E-state index contributed by atoms with van der Waals surface area (Å²) in [6.07, 6.45) is 1.85. The first-order valence-corrected chi connectivity index (χ1v) is 13.1. The van der Waals surface area contributed by atoms with E-state index in [4.69, 9.17) is 17.2 Å². The Bertz CT molecular complexity index is 1360. The van der Waals surface area contributed by atoms with Crippen molar-refractivity contribution in [2.75, 3.05) is 4.90 Å². The minimum atomic E-state index is -0.0679. The van der Waals surface area contributed by atoms with Crippen molar-refractivity contribution >= 4 is 38.9 Å². The van der Waals surface area contributed by atoms with Crippen molar-refractivity contribution in [3.63, 3.8) is 0 Å². The quantitative estimate of drug-likeness (QED) is 0.263. The number of halogens is 1. The molecule has 4 nitrogen and oxygen atoms in total. The Kier molecular flexibility index (Phi) is 6.51. The van der Waals surface area contributed by atoms with E-state index in [1.807, 2.05) is 24.4 Å². The molecule has 1 N–H and O–H groups in total. The molecule has 0 amide bonds. The van der Waals surface area contributed by atoms with E-state index in [1.165, 1.54) is 22.5 Å². The molecule has 2 aromatic heterocycles. The molecular formula is C29H29BrN4S. The van der Waals surface area contributed by atoms with E-state index in [1.54, 1.807) is 0 Å². The van der Waals surface area contributed by atoms with Gasteiger partial charge in [-0.2, -0.15) is 0 Å². The third-order valence-electron chi connectivity index (χ3n) is 6.82. The fourth-order valence-electron chi connectivity index (χ4n) is 5.06. The zero-order chi connectivity index (χ0) is 24.7. The maximum absolute atomic E-state index is 5.93. The van der Waals surface area contributed by atoms with Crippen LogP contribution in [0.4, 0.5) is 5.69 Å². The van der Waals surface area contributed by atoms with Crippen LogP contribution in [0.1, 0.15) is 60.1 Å². The monoisotopic (exact) mass is 544 g/mol. The molecule has 3 heterocycles. The molecule has 0 spiro atoms. The fraction of sp³-hybridized carbons (Fsp3) is 0.241. The van der Waals surface area contributed by atoms with Crippen molar-refractivity contribution in [1.29, 1.82) is 0 Å². The van der Waals surface area contributed by atoms with Crippen LogP contribution in [-0.2, 0) is 0 Å². The normalized spacial score (nSPS) is 17.8. The second-order valence-electron chi connectivity index (χ2n) is 9.36. The van der Waals surface area contributed by atoms with E-state index in [2.05, 4.69) is 113 Å². The van der Waals surface area contributed by atoms with Crippen LogP contribution >= 0.6 is 28.1 Å². The summed E-state index contributed by atoms with van der Waals surface area (Å²) < 4.78 is 3.38. The Morgan fingerprint density at radius 1 is 0.971 bits per heavy atom. The van der Waals surface area contributed by atoms with Crippen molar-refractivity contribution in [2.24, 2.45) is 0 Å². The first-order chi connectivity index (χ1) is 16.9. The topological polar surface area (TPSA) is 33.1 Å². The molecule has 1 saturated heterocycles. The number of aromatic nitrogens is 2. The lowest BCUT2D eigenvalue weighted by Gasteiger charge is -2.28. The van der Waals surface area contributed by atoms with Crippen molar-refractivity contribution in [1.82, 2.24) is 14.9 Å². The average Bonchev–Trinajstić information content (AvgIpc) is 3.35. The molecule has 2 atom stereocenters. The Balaban J connectivity index is 1.67. The van der Waals surface area contributed by atoms with Crippen LogP contribution < -0.4 is 10.2 Å². The maximum Gasteiger partial charge on any atom is 0.174 e. The first kappa shape index (κ1) is 23.8. The number of hydrogen-bond acceptors (Lipinski definition) is 2. The standard InChI is InChI=1S/C29H29BrN4S/c1-18(2)21-12-14-22(15-13-21)34-28(27(32-29(34)35)25-10-7-8-16-31-25)23-17-19(3)33(20(23)4)26-11-6-5-9-24(26)30/h5-18,27-28H,1-4H3,(H,32,35). The zero-order valence-corrected chi connectivity index (χ0v) is 22.8. The maximum atomic E-state index is 5.93. The zero-order valence-electron chi connectivity index (χ0n) is 20.4. The number of thiocarbonyl (C=S) groups is 1. The summed E-state index contributed by atoms with van der Waals surface area (Å²) in [5.74, 6) is 0.480. The summed E-state index contributed by atoms with van der Waals surface area (Å²) in [5, 5.41) is 4.30. The molecule has 1 fully saturated rings. The minimum absolute atomic E-state index is 0.0373. The molecule has 1 aliphatic rings. The number of nitrogens with one attached hydrogen (secondary N) is 1. The molecular weight excluding hydrogens is 516 g/mol. The summed E-state index contributed by atoms with van der Waals surface area (Å²) in [5.41, 5.74) is 8.11. The Morgan fingerprint density at radius 2 is 1.69 bits per heavy atom. The van der Waals surface area contributed by atoms with Gasteiger partial charge in [-0.05, 0) is 102 Å². The number of nitrogens with zero attached hydrogens (tertiary/aromatic N) is 3. The molecule has 1 aliphatic heterocycles. The van der Waals surface area contributed by atoms with E-state index in [0.717, 1.165) is 21.5 Å². The summed E-state index contributed by atoms with van der Waals surface area (Å²) in [7, 11) is 0. The molecule has 0 bridgehead atoms. The van der Waals surface area contributed by atoms with Crippen LogP contribution in [0.2, 0.25) is 0 Å². The molecule has 4 aromatic rings. The third kappa shape index (κ3) is 4.30. The molecule has 0 saturated carbocycles. The van der Waals surface area contributed by atoms with Gasteiger partial charge in [0.1, 0.15) is 0 Å². The summed E-state index contributed by atoms with van der Waals surface area (Å²) in [4.78, 5) is 6.96. The number of benzene rings is 2. The SMILES string of the molecule is Cc1cc(C2C(c3ccccn3)NC(=S)N2c2ccc(C(C)C)cc2)c(C)n1-c1ccccc1Br. The largest absolute Gasteiger partial charge is 0.351 e. The van der Waals surface area contributed by atoms with Gasteiger partial charge in [-0.25, -0.2) is 0 Å². The third-order valence-corrected chi connectivity index (χ3v) is 7.80. The molecule has 5 rings (SSSR count). The molecule has 0 aliphatic carbocycles. The minimum Gasteiger partial charge on any atom is -0.351 e. The van der Waals surface area contributed by atoms with Crippen LogP contribution in [0.25, 0.3) is 5.69 Å². The fourth-order valence-corrected chi connectivity index (χ4v) is 5.87. The number of anilines is 1. The molecule has 0 radical (unpaired) electrons. The predicted octanol–water partition coefficient (Wildman–Crippen LogP) is 7.55. The highest BCUT2D eigenvalue weighted by molar-refractivity contribution is 9.10. The number of hydrogen-bond donors (Lipinski definition) is 1.